The highest BCUT2D eigenvalue weighted by molar-refractivity contribution is 7.98. The van der Waals surface area contributed by atoms with E-state index in [1.54, 1.807) is 11.8 Å². The molecule has 0 radical (unpaired) electrons. The Morgan fingerprint density at radius 3 is 2.92 bits per heavy atom. The van der Waals surface area contributed by atoms with E-state index >= 15 is 0 Å². The molecule has 0 atom stereocenters. The first-order chi connectivity index (χ1) is 5.86. The average Bonchev–Trinajstić information content (AvgIpc) is 2.15. The Bertz CT molecular complexity index is 235. The third-order valence-corrected chi connectivity index (χ3v) is 2.37. The molecular formula is C10H15NS. The molecule has 0 amide bonds. The predicted molar refractivity (Wildman–Crippen MR) is 57.0 cm³/mol. The normalized spacial score (nSPS) is 9.83. The van der Waals surface area contributed by atoms with Gasteiger partial charge in [-0.3, -0.25) is 0 Å². The summed E-state index contributed by atoms with van der Waals surface area (Å²) >= 11 is 1.78. The fourth-order valence-electron chi connectivity index (χ4n) is 1.00. The van der Waals surface area contributed by atoms with Crippen LogP contribution in [-0.4, -0.2) is 12.8 Å². The van der Waals surface area contributed by atoms with Crippen LogP contribution in [0.15, 0.2) is 29.2 Å². The summed E-state index contributed by atoms with van der Waals surface area (Å²) < 4.78 is 0. The number of hydrogen-bond donors (Lipinski definition) is 1. The van der Waals surface area contributed by atoms with Crippen LogP contribution < -0.4 is 5.32 Å². The van der Waals surface area contributed by atoms with Crippen LogP contribution in [0.25, 0.3) is 0 Å². The molecular weight excluding hydrogens is 166 g/mol. The Balaban J connectivity index is 2.60. The zero-order chi connectivity index (χ0) is 8.81. The maximum absolute atomic E-state index is 3.36. The second-order valence-electron chi connectivity index (χ2n) is 2.66. The Hall–Kier alpha value is -0.630. The summed E-state index contributed by atoms with van der Waals surface area (Å²) in [7, 11) is 0. The lowest BCUT2D eigenvalue weighted by Gasteiger charge is -2.05. The molecule has 2 heteroatoms. The van der Waals surface area contributed by atoms with Crippen molar-refractivity contribution < 1.29 is 0 Å². The fraction of sp³-hybridized carbons (Fsp3) is 0.400. The number of thioether (sulfide) groups is 1. The van der Waals surface area contributed by atoms with E-state index in [2.05, 4.69) is 42.8 Å². The zero-order valence-electron chi connectivity index (χ0n) is 7.63. The molecule has 0 bridgehead atoms. The Morgan fingerprint density at radius 2 is 2.25 bits per heavy atom. The first-order valence-corrected chi connectivity index (χ1v) is 5.47. The first kappa shape index (κ1) is 9.46. The zero-order valence-corrected chi connectivity index (χ0v) is 8.45. The topological polar surface area (TPSA) is 12.0 Å². The minimum Gasteiger partial charge on any atom is -0.385 e. The van der Waals surface area contributed by atoms with Gasteiger partial charge in [0.15, 0.2) is 0 Å². The highest BCUT2D eigenvalue weighted by Gasteiger charge is 1.92. The van der Waals surface area contributed by atoms with Gasteiger partial charge in [0.1, 0.15) is 0 Å². The van der Waals surface area contributed by atoms with Gasteiger partial charge in [0, 0.05) is 17.1 Å². The van der Waals surface area contributed by atoms with Gasteiger partial charge in [-0.05, 0) is 30.9 Å². The van der Waals surface area contributed by atoms with Crippen molar-refractivity contribution in [2.45, 2.75) is 18.2 Å². The van der Waals surface area contributed by atoms with Crippen molar-refractivity contribution in [2.24, 2.45) is 0 Å². The molecule has 0 aliphatic heterocycles. The molecule has 66 valence electrons. The predicted octanol–water partition coefficient (Wildman–Crippen LogP) is 3.23. The first-order valence-electron chi connectivity index (χ1n) is 4.24. The molecule has 0 saturated heterocycles. The summed E-state index contributed by atoms with van der Waals surface area (Å²) in [5, 5.41) is 3.36. The Labute approximate surface area is 78.6 Å². The maximum atomic E-state index is 3.36. The lowest BCUT2D eigenvalue weighted by atomic mass is 10.3. The Morgan fingerprint density at radius 1 is 1.42 bits per heavy atom. The van der Waals surface area contributed by atoms with E-state index in [-0.39, 0.29) is 0 Å². The lowest BCUT2D eigenvalue weighted by Crippen LogP contribution is -1.98. The van der Waals surface area contributed by atoms with Crippen LogP contribution in [0.1, 0.15) is 13.3 Å². The molecule has 1 aromatic carbocycles. The van der Waals surface area contributed by atoms with Crippen molar-refractivity contribution in [3.63, 3.8) is 0 Å². The summed E-state index contributed by atoms with van der Waals surface area (Å²) in [5.41, 5.74) is 1.23. The van der Waals surface area contributed by atoms with E-state index < -0.39 is 0 Å². The minimum atomic E-state index is 1.05. The maximum Gasteiger partial charge on any atom is 0.0351 e. The summed E-state index contributed by atoms with van der Waals surface area (Å²) in [4.78, 5) is 1.32. The number of nitrogens with one attached hydrogen (secondary N) is 1. The third kappa shape index (κ3) is 2.78. The number of rotatable bonds is 4. The molecule has 0 aromatic heterocycles. The van der Waals surface area contributed by atoms with Gasteiger partial charge in [0.25, 0.3) is 0 Å². The average molecular weight is 181 g/mol. The van der Waals surface area contributed by atoms with Crippen LogP contribution in [0.3, 0.4) is 0 Å². The van der Waals surface area contributed by atoms with Gasteiger partial charge in [-0.15, -0.1) is 11.8 Å². The van der Waals surface area contributed by atoms with Gasteiger partial charge < -0.3 is 5.32 Å². The smallest absolute Gasteiger partial charge is 0.0351 e. The largest absolute Gasteiger partial charge is 0.385 e. The summed E-state index contributed by atoms with van der Waals surface area (Å²) in [5.74, 6) is 0. The van der Waals surface area contributed by atoms with E-state index in [0.29, 0.717) is 0 Å². The highest BCUT2D eigenvalue weighted by Crippen LogP contribution is 2.18. The van der Waals surface area contributed by atoms with E-state index in [1.807, 2.05) is 0 Å². The second-order valence-corrected chi connectivity index (χ2v) is 3.54. The van der Waals surface area contributed by atoms with Gasteiger partial charge in [-0.25, -0.2) is 0 Å². The quantitative estimate of drug-likeness (QED) is 0.716. The van der Waals surface area contributed by atoms with Crippen LogP contribution in [0.5, 0.6) is 0 Å². The molecule has 12 heavy (non-hydrogen) atoms. The molecule has 0 aliphatic carbocycles. The number of hydrogen-bond acceptors (Lipinski definition) is 2. The van der Waals surface area contributed by atoms with Gasteiger partial charge in [-0.2, -0.15) is 0 Å². The van der Waals surface area contributed by atoms with Crippen LogP contribution in [-0.2, 0) is 0 Å². The van der Waals surface area contributed by atoms with Gasteiger partial charge >= 0.3 is 0 Å². The van der Waals surface area contributed by atoms with Crippen molar-refractivity contribution in [1.82, 2.24) is 0 Å². The van der Waals surface area contributed by atoms with E-state index in [4.69, 9.17) is 0 Å². The third-order valence-electron chi connectivity index (χ3n) is 1.65. The minimum absolute atomic E-state index is 1.05. The fourth-order valence-corrected chi connectivity index (χ4v) is 1.46. The molecule has 1 N–H and O–H groups in total. The lowest BCUT2D eigenvalue weighted by molar-refractivity contribution is 0.979. The molecule has 1 nitrogen and oxygen atoms in total. The van der Waals surface area contributed by atoms with Crippen LogP contribution >= 0.6 is 11.8 Å². The standard InChI is InChI=1S/C10H15NS/c1-3-7-11-9-5-4-6-10(8-9)12-2/h4-6,8,11H,3,7H2,1-2H3. The van der Waals surface area contributed by atoms with Crippen molar-refractivity contribution in [2.75, 3.05) is 18.1 Å². The van der Waals surface area contributed by atoms with Crippen molar-refractivity contribution >= 4 is 17.4 Å². The molecule has 1 rings (SSSR count). The summed E-state index contributed by atoms with van der Waals surface area (Å²) in [6, 6.07) is 8.50. The molecule has 0 fully saturated rings. The molecule has 0 heterocycles. The van der Waals surface area contributed by atoms with Crippen LogP contribution in [0.4, 0.5) is 5.69 Å². The Kier molecular flexibility index (Phi) is 4.01. The summed E-state index contributed by atoms with van der Waals surface area (Å²) in [6.45, 7) is 3.23. The van der Waals surface area contributed by atoms with E-state index in [0.717, 1.165) is 6.54 Å². The van der Waals surface area contributed by atoms with E-state index in [1.165, 1.54) is 17.0 Å². The molecule has 0 spiro atoms. The van der Waals surface area contributed by atoms with Crippen molar-refractivity contribution in [3.8, 4) is 0 Å². The second kappa shape index (κ2) is 5.09. The molecule has 0 aliphatic rings. The monoisotopic (exact) mass is 181 g/mol. The van der Waals surface area contributed by atoms with Gasteiger partial charge in [0.05, 0.1) is 0 Å². The van der Waals surface area contributed by atoms with Crippen molar-refractivity contribution in [1.29, 1.82) is 0 Å². The molecule has 0 unspecified atom stereocenters. The van der Waals surface area contributed by atoms with Crippen LogP contribution in [0, 0.1) is 0 Å². The van der Waals surface area contributed by atoms with Gasteiger partial charge in [-0.1, -0.05) is 13.0 Å². The van der Waals surface area contributed by atoms with Crippen molar-refractivity contribution in [3.05, 3.63) is 24.3 Å². The highest BCUT2D eigenvalue weighted by atomic mass is 32.2. The molecule has 0 saturated carbocycles. The SMILES string of the molecule is CCCNc1cccc(SC)c1. The summed E-state index contributed by atoms with van der Waals surface area (Å²) in [6.07, 6.45) is 3.27. The number of anilines is 1. The van der Waals surface area contributed by atoms with E-state index in [9.17, 15) is 0 Å². The van der Waals surface area contributed by atoms with Gasteiger partial charge in [0.2, 0.25) is 0 Å². The van der Waals surface area contributed by atoms with Crippen LogP contribution in [0.2, 0.25) is 0 Å². The molecule has 1 aromatic rings. The number of benzene rings is 1.